The van der Waals surface area contributed by atoms with Crippen molar-refractivity contribution in [3.05, 3.63) is 52.0 Å². The van der Waals surface area contributed by atoms with E-state index < -0.39 is 5.82 Å². The fourth-order valence-electron chi connectivity index (χ4n) is 1.85. The van der Waals surface area contributed by atoms with Gasteiger partial charge in [0.2, 0.25) is 0 Å². The molecule has 1 aromatic carbocycles. The number of nitrogens with one attached hydrogen (secondary N) is 1. The molecule has 19 heavy (non-hydrogen) atoms. The summed E-state index contributed by atoms with van der Waals surface area (Å²) in [6.07, 6.45) is 0.741. The Hall–Kier alpha value is -1.88. The fraction of sp³-hybridized carbons (Fsp3) is 0.214. The lowest BCUT2D eigenvalue weighted by atomic mass is 10.1. The first-order chi connectivity index (χ1) is 9.08. The number of hydrogen-bond donors (Lipinski definition) is 2. The molecule has 2 aromatic rings. The molecule has 0 aliphatic rings. The molecule has 0 fully saturated rings. The molecule has 3 N–H and O–H groups in total. The van der Waals surface area contributed by atoms with Crippen LogP contribution in [0.25, 0.3) is 0 Å². The number of rotatable bonds is 4. The molecular weight excluding hydrogens is 263 g/mol. The largest absolute Gasteiger partial charge is 0.396 e. The number of halogens is 1. The first-order valence-corrected chi connectivity index (χ1v) is 6.88. The summed E-state index contributed by atoms with van der Waals surface area (Å²) in [5.41, 5.74) is 6.80. The zero-order chi connectivity index (χ0) is 13.8. The molecule has 0 aliphatic heterocycles. The van der Waals surface area contributed by atoms with Crippen LogP contribution in [0.5, 0.6) is 0 Å². The molecule has 5 heteroatoms. The lowest BCUT2D eigenvalue weighted by Gasteiger charge is -2.14. The van der Waals surface area contributed by atoms with E-state index in [4.69, 9.17) is 5.73 Å². The lowest BCUT2D eigenvalue weighted by molar-refractivity contribution is 0.0940. The highest BCUT2D eigenvalue weighted by Gasteiger charge is 2.15. The van der Waals surface area contributed by atoms with Gasteiger partial charge in [0.05, 0.1) is 11.3 Å². The Bertz CT molecular complexity index is 569. The molecule has 3 nitrogen and oxygen atoms in total. The van der Waals surface area contributed by atoms with Crippen molar-refractivity contribution < 1.29 is 9.18 Å². The second kappa shape index (κ2) is 5.84. The van der Waals surface area contributed by atoms with Crippen molar-refractivity contribution in [1.29, 1.82) is 0 Å². The molecule has 100 valence electrons. The molecule has 1 unspecified atom stereocenters. The van der Waals surface area contributed by atoms with E-state index in [1.807, 2.05) is 23.8 Å². The molecule has 1 heterocycles. The number of anilines is 1. The summed E-state index contributed by atoms with van der Waals surface area (Å²) in [6.45, 7) is 1.91. The predicted molar refractivity (Wildman–Crippen MR) is 75.8 cm³/mol. The van der Waals surface area contributed by atoms with E-state index in [2.05, 4.69) is 5.32 Å². The van der Waals surface area contributed by atoms with Gasteiger partial charge < -0.3 is 11.1 Å². The minimum atomic E-state index is -0.571. The van der Waals surface area contributed by atoms with E-state index in [-0.39, 0.29) is 23.2 Å². The third-order valence-corrected chi connectivity index (χ3v) is 3.53. The van der Waals surface area contributed by atoms with Gasteiger partial charge in [0.15, 0.2) is 0 Å². The number of thiophene rings is 1. The van der Waals surface area contributed by atoms with Crippen LogP contribution in [0.3, 0.4) is 0 Å². The maximum atomic E-state index is 13.3. The Balaban J connectivity index is 2.02. The van der Waals surface area contributed by atoms with Crippen molar-refractivity contribution in [1.82, 2.24) is 5.32 Å². The molecular formula is C14H15FN2OS. The van der Waals surface area contributed by atoms with Gasteiger partial charge in [-0.2, -0.15) is 11.3 Å². The molecule has 0 aliphatic carbocycles. The lowest BCUT2D eigenvalue weighted by Crippen LogP contribution is -2.34. The van der Waals surface area contributed by atoms with Gasteiger partial charge in [0, 0.05) is 6.04 Å². The van der Waals surface area contributed by atoms with E-state index >= 15 is 0 Å². The molecule has 0 bridgehead atoms. The van der Waals surface area contributed by atoms with Gasteiger partial charge in [-0.1, -0.05) is 6.07 Å². The molecule has 1 aromatic heterocycles. The van der Waals surface area contributed by atoms with Gasteiger partial charge in [-0.25, -0.2) is 4.39 Å². The Morgan fingerprint density at radius 2 is 2.26 bits per heavy atom. The van der Waals surface area contributed by atoms with Gasteiger partial charge in [0.25, 0.3) is 5.91 Å². The molecule has 0 radical (unpaired) electrons. The summed E-state index contributed by atoms with van der Waals surface area (Å²) in [5, 5.41) is 6.86. The zero-order valence-corrected chi connectivity index (χ0v) is 11.3. The Morgan fingerprint density at radius 3 is 2.95 bits per heavy atom. The van der Waals surface area contributed by atoms with Crippen LogP contribution in [0.1, 0.15) is 22.8 Å². The van der Waals surface area contributed by atoms with Crippen LogP contribution in [-0.4, -0.2) is 11.9 Å². The second-order valence-corrected chi connectivity index (χ2v) is 5.19. The molecule has 0 spiro atoms. The molecule has 1 atom stereocenters. The first kappa shape index (κ1) is 13.5. The number of carbonyl (C=O) groups is 1. The summed E-state index contributed by atoms with van der Waals surface area (Å²) in [4.78, 5) is 12.0. The van der Waals surface area contributed by atoms with E-state index in [1.165, 1.54) is 23.8 Å². The summed E-state index contributed by atoms with van der Waals surface area (Å²) < 4.78 is 13.3. The molecule has 0 saturated heterocycles. The summed E-state index contributed by atoms with van der Waals surface area (Å²) in [5.74, 6) is -0.919. The zero-order valence-electron chi connectivity index (χ0n) is 10.5. The summed E-state index contributed by atoms with van der Waals surface area (Å²) in [7, 11) is 0. The maximum Gasteiger partial charge on any atom is 0.253 e. The monoisotopic (exact) mass is 278 g/mol. The number of para-hydroxylation sites is 1. The van der Waals surface area contributed by atoms with Crippen molar-refractivity contribution in [3.63, 3.8) is 0 Å². The van der Waals surface area contributed by atoms with Crippen LogP contribution in [0.2, 0.25) is 0 Å². The van der Waals surface area contributed by atoms with Crippen molar-refractivity contribution in [2.24, 2.45) is 0 Å². The Morgan fingerprint density at radius 1 is 1.47 bits per heavy atom. The first-order valence-electron chi connectivity index (χ1n) is 5.94. The minimum absolute atomic E-state index is 0.0373. The Kier molecular flexibility index (Phi) is 4.16. The van der Waals surface area contributed by atoms with E-state index in [1.54, 1.807) is 11.3 Å². The standard InChI is InChI=1S/C14H15FN2OS/c1-9(7-10-5-6-19-8-10)17-14(18)11-3-2-4-12(15)13(11)16/h2-6,8-9H,7,16H2,1H3,(H,17,18). The van der Waals surface area contributed by atoms with E-state index in [0.717, 1.165) is 6.42 Å². The average Bonchev–Trinajstić information content (AvgIpc) is 2.85. The number of hydrogen-bond acceptors (Lipinski definition) is 3. The highest BCUT2D eigenvalue weighted by Crippen LogP contribution is 2.16. The number of nitrogens with two attached hydrogens (primary N) is 1. The number of amides is 1. The SMILES string of the molecule is CC(Cc1ccsc1)NC(=O)c1cccc(F)c1N. The predicted octanol–water partition coefficient (Wildman–Crippen LogP) is 2.83. The van der Waals surface area contributed by atoms with Gasteiger partial charge in [-0.15, -0.1) is 0 Å². The quantitative estimate of drug-likeness (QED) is 0.845. The number of nitrogen functional groups attached to an aromatic ring is 1. The maximum absolute atomic E-state index is 13.3. The summed E-state index contributed by atoms with van der Waals surface area (Å²) in [6, 6.07) is 6.21. The van der Waals surface area contributed by atoms with Crippen LogP contribution < -0.4 is 11.1 Å². The smallest absolute Gasteiger partial charge is 0.253 e. The van der Waals surface area contributed by atoms with Gasteiger partial charge in [-0.05, 0) is 47.9 Å². The molecule has 1 amide bonds. The fourth-order valence-corrected chi connectivity index (χ4v) is 2.53. The topological polar surface area (TPSA) is 55.1 Å². The molecule has 2 rings (SSSR count). The van der Waals surface area contributed by atoms with Crippen LogP contribution in [-0.2, 0) is 6.42 Å². The van der Waals surface area contributed by atoms with Crippen LogP contribution in [0, 0.1) is 5.82 Å². The minimum Gasteiger partial charge on any atom is -0.396 e. The van der Waals surface area contributed by atoms with Gasteiger partial charge >= 0.3 is 0 Å². The average molecular weight is 278 g/mol. The van der Waals surface area contributed by atoms with Crippen molar-refractivity contribution >= 4 is 22.9 Å². The van der Waals surface area contributed by atoms with Crippen molar-refractivity contribution in [2.45, 2.75) is 19.4 Å². The normalized spacial score (nSPS) is 12.1. The third-order valence-electron chi connectivity index (χ3n) is 2.80. The molecule has 0 saturated carbocycles. The van der Waals surface area contributed by atoms with Crippen molar-refractivity contribution in [2.75, 3.05) is 5.73 Å². The third kappa shape index (κ3) is 3.32. The highest BCUT2D eigenvalue weighted by molar-refractivity contribution is 7.07. The summed E-state index contributed by atoms with van der Waals surface area (Å²) >= 11 is 1.62. The van der Waals surface area contributed by atoms with Crippen molar-refractivity contribution in [3.8, 4) is 0 Å². The van der Waals surface area contributed by atoms with Gasteiger partial charge in [0.1, 0.15) is 5.82 Å². The van der Waals surface area contributed by atoms with Crippen LogP contribution >= 0.6 is 11.3 Å². The van der Waals surface area contributed by atoms with Crippen LogP contribution in [0.15, 0.2) is 35.0 Å². The van der Waals surface area contributed by atoms with E-state index in [0.29, 0.717) is 0 Å². The van der Waals surface area contributed by atoms with Crippen LogP contribution in [0.4, 0.5) is 10.1 Å². The van der Waals surface area contributed by atoms with E-state index in [9.17, 15) is 9.18 Å². The number of benzene rings is 1. The second-order valence-electron chi connectivity index (χ2n) is 4.41. The number of carbonyl (C=O) groups excluding carboxylic acids is 1. The Labute approximate surface area is 115 Å². The highest BCUT2D eigenvalue weighted by atomic mass is 32.1. The van der Waals surface area contributed by atoms with Gasteiger partial charge in [-0.3, -0.25) is 4.79 Å².